The standard InChI is InChI=1S/C14H20N2O/c1-9-4-5-13(15-3)12(6-9)14(17)16-8-11-7-10(11)2/h4-6,10-11,15H,7-8H2,1-3H3,(H,16,17). The largest absolute Gasteiger partial charge is 0.387 e. The van der Waals surface area contributed by atoms with Crippen molar-refractivity contribution in [2.45, 2.75) is 20.3 Å². The molecule has 1 fully saturated rings. The predicted octanol–water partition coefficient (Wildman–Crippen LogP) is 2.42. The van der Waals surface area contributed by atoms with Crippen molar-refractivity contribution in [1.29, 1.82) is 0 Å². The first-order valence-corrected chi connectivity index (χ1v) is 6.18. The number of anilines is 1. The number of carbonyl (C=O) groups excluding carboxylic acids is 1. The average Bonchev–Trinajstić information content (AvgIpc) is 3.02. The third-order valence-corrected chi connectivity index (χ3v) is 3.49. The summed E-state index contributed by atoms with van der Waals surface area (Å²) in [5.41, 5.74) is 2.73. The van der Waals surface area contributed by atoms with E-state index in [1.165, 1.54) is 6.42 Å². The molecule has 92 valence electrons. The van der Waals surface area contributed by atoms with E-state index in [0.29, 0.717) is 5.92 Å². The van der Waals surface area contributed by atoms with Crippen molar-refractivity contribution < 1.29 is 4.79 Å². The van der Waals surface area contributed by atoms with Gasteiger partial charge in [-0.3, -0.25) is 4.79 Å². The summed E-state index contributed by atoms with van der Waals surface area (Å²) in [4.78, 5) is 12.1. The van der Waals surface area contributed by atoms with E-state index in [0.717, 1.165) is 29.3 Å². The van der Waals surface area contributed by atoms with Gasteiger partial charge in [0.2, 0.25) is 0 Å². The molecule has 0 aliphatic heterocycles. The maximum Gasteiger partial charge on any atom is 0.253 e. The molecule has 1 aromatic rings. The van der Waals surface area contributed by atoms with Gasteiger partial charge in [-0.2, -0.15) is 0 Å². The van der Waals surface area contributed by atoms with Crippen molar-refractivity contribution in [1.82, 2.24) is 5.32 Å². The summed E-state index contributed by atoms with van der Waals surface area (Å²) in [7, 11) is 1.84. The number of hydrogen-bond acceptors (Lipinski definition) is 2. The fraction of sp³-hybridized carbons (Fsp3) is 0.500. The highest BCUT2D eigenvalue weighted by molar-refractivity contribution is 5.99. The molecule has 1 aliphatic rings. The zero-order valence-corrected chi connectivity index (χ0v) is 10.7. The summed E-state index contributed by atoms with van der Waals surface area (Å²) in [6.07, 6.45) is 1.24. The van der Waals surface area contributed by atoms with Crippen LogP contribution in [0.4, 0.5) is 5.69 Å². The van der Waals surface area contributed by atoms with Gasteiger partial charge >= 0.3 is 0 Å². The number of aryl methyl sites for hydroxylation is 1. The first kappa shape index (κ1) is 12.0. The van der Waals surface area contributed by atoms with Gasteiger partial charge in [-0.1, -0.05) is 18.6 Å². The van der Waals surface area contributed by atoms with Crippen LogP contribution in [0.2, 0.25) is 0 Å². The Morgan fingerprint density at radius 3 is 2.76 bits per heavy atom. The molecule has 3 heteroatoms. The van der Waals surface area contributed by atoms with Gasteiger partial charge in [0.15, 0.2) is 0 Å². The number of hydrogen-bond donors (Lipinski definition) is 2. The Labute approximate surface area is 103 Å². The summed E-state index contributed by atoms with van der Waals surface area (Å²) in [5, 5.41) is 6.07. The van der Waals surface area contributed by atoms with Crippen LogP contribution in [0.25, 0.3) is 0 Å². The summed E-state index contributed by atoms with van der Waals surface area (Å²) in [6, 6.07) is 5.88. The third-order valence-electron chi connectivity index (χ3n) is 3.49. The van der Waals surface area contributed by atoms with Crippen LogP contribution in [0.5, 0.6) is 0 Å². The molecule has 0 spiro atoms. The Kier molecular flexibility index (Phi) is 3.36. The highest BCUT2D eigenvalue weighted by atomic mass is 16.1. The highest BCUT2D eigenvalue weighted by Crippen LogP contribution is 2.36. The van der Waals surface area contributed by atoms with Crippen LogP contribution in [0, 0.1) is 18.8 Å². The molecule has 0 saturated heterocycles. The van der Waals surface area contributed by atoms with Crippen molar-refractivity contribution in [3.8, 4) is 0 Å². The summed E-state index contributed by atoms with van der Waals surface area (Å²) < 4.78 is 0. The maximum absolute atomic E-state index is 12.1. The van der Waals surface area contributed by atoms with Gasteiger partial charge < -0.3 is 10.6 Å². The number of benzene rings is 1. The van der Waals surface area contributed by atoms with Crippen LogP contribution in [0.1, 0.15) is 29.3 Å². The van der Waals surface area contributed by atoms with Gasteiger partial charge in [0.05, 0.1) is 5.56 Å². The van der Waals surface area contributed by atoms with Crippen LogP contribution >= 0.6 is 0 Å². The van der Waals surface area contributed by atoms with Crippen LogP contribution in [-0.2, 0) is 0 Å². The molecule has 0 bridgehead atoms. The molecule has 1 aromatic carbocycles. The predicted molar refractivity (Wildman–Crippen MR) is 70.3 cm³/mol. The van der Waals surface area contributed by atoms with E-state index < -0.39 is 0 Å². The Morgan fingerprint density at radius 2 is 2.18 bits per heavy atom. The topological polar surface area (TPSA) is 41.1 Å². The number of carbonyl (C=O) groups is 1. The minimum atomic E-state index is 0.0251. The molecule has 2 rings (SSSR count). The van der Waals surface area contributed by atoms with E-state index in [9.17, 15) is 4.79 Å². The zero-order valence-electron chi connectivity index (χ0n) is 10.7. The molecule has 2 N–H and O–H groups in total. The van der Waals surface area contributed by atoms with E-state index in [1.807, 2.05) is 32.2 Å². The van der Waals surface area contributed by atoms with Crippen molar-refractivity contribution in [2.75, 3.05) is 18.9 Å². The fourth-order valence-corrected chi connectivity index (χ4v) is 2.07. The lowest BCUT2D eigenvalue weighted by Gasteiger charge is -2.10. The summed E-state index contributed by atoms with van der Waals surface area (Å²) >= 11 is 0. The Balaban J connectivity index is 2.04. The summed E-state index contributed by atoms with van der Waals surface area (Å²) in [5.74, 6) is 1.48. The van der Waals surface area contributed by atoms with Gasteiger partial charge in [0.25, 0.3) is 5.91 Å². The van der Waals surface area contributed by atoms with Gasteiger partial charge in [-0.25, -0.2) is 0 Å². The molecular weight excluding hydrogens is 212 g/mol. The number of rotatable bonds is 4. The lowest BCUT2D eigenvalue weighted by atomic mass is 10.1. The van der Waals surface area contributed by atoms with E-state index in [-0.39, 0.29) is 5.91 Å². The average molecular weight is 232 g/mol. The molecule has 0 heterocycles. The van der Waals surface area contributed by atoms with Gasteiger partial charge in [0.1, 0.15) is 0 Å². The molecule has 0 radical (unpaired) electrons. The second-order valence-corrected chi connectivity index (χ2v) is 4.98. The summed E-state index contributed by atoms with van der Waals surface area (Å²) in [6.45, 7) is 5.03. The van der Waals surface area contributed by atoms with Gasteiger partial charge in [-0.05, 0) is 37.3 Å². The number of amides is 1. The second-order valence-electron chi connectivity index (χ2n) is 4.98. The molecule has 3 nitrogen and oxygen atoms in total. The van der Waals surface area contributed by atoms with Gasteiger partial charge in [-0.15, -0.1) is 0 Å². The normalized spacial score (nSPS) is 22.1. The lowest BCUT2D eigenvalue weighted by molar-refractivity contribution is 0.0952. The van der Waals surface area contributed by atoms with Crippen molar-refractivity contribution in [2.24, 2.45) is 11.8 Å². The van der Waals surface area contributed by atoms with Crippen molar-refractivity contribution >= 4 is 11.6 Å². The first-order chi connectivity index (χ1) is 8.11. The molecule has 0 aromatic heterocycles. The van der Waals surface area contributed by atoms with E-state index in [4.69, 9.17) is 0 Å². The molecule has 17 heavy (non-hydrogen) atoms. The second kappa shape index (κ2) is 4.78. The van der Waals surface area contributed by atoms with Crippen LogP contribution in [0.3, 0.4) is 0 Å². The van der Waals surface area contributed by atoms with E-state index in [2.05, 4.69) is 17.6 Å². The number of nitrogens with one attached hydrogen (secondary N) is 2. The molecule has 1 amide bonds. The minimum Gasteiger partial charge on any atom is -0.387 e. The van der Waals surface area contributed by atoms with Crippen LogP contribution < -0.4 is 10.6 Å². The van der Waals surface area contributed by atoms with Crippen LogP contribution in [0.15, 0.2) is 18.2 Å². The zero-order chi connectivity index (χ0) is 12.4. The Bertz CT molecular complexity index is 428. The van der Waals surface area contributed by atoms with E-state index >= 15 is 0 Å². The monoisotopic (exact) mass is 232 g/mol. The smallest absolute Gasteiger partial charge is 0.253 e. The fourth-order valence-electron chi connectivity index (χ4n) is 2.07. The quantitative estimate of drug-likeness (QED) is 0.837. The minimum absolute atomic E-state index is 0.0251. The molecule has 2 atom stereocenters. The molecule has 2 unspecified atom stereocenters. The Morgan fingerprint density at radius 1 is 1.47 bits per heavy atom. The molecular formula is C14H20N2O. The lowest BCUT2D eigenvalue weighted by Crippen LogP contribution is -2.26. The van der Waals surface area contributed by atoms with E-state index in [1.54, 1.807) is 0 Å². The first-order valence-electron chi connectivity index (χ1n) is 6.18. The maximum atomic E-state index is 12.1. The Hall–Kier alpha value is -1.51. The van der Waals surface area contributed by atoms with Crippen molar-refractivity contribution in [3.63, 3.8) is 0 Å². The molecule has 1 saturated carbocycles. The SMILES string of the molecule is CNc1ccc(C)cc1C(=O)NCC1CC1C. The van der Waals surface area contributed by atoms with Gasteiger partial charge in [0, 0.05) is 19.3 Å². The third kappa shape index (κ3) is 2.78. The highest BCUT2D eigenvalue weighted by Gasteiger charge is 2.32. The van der Waals surface area contributed by atoms with Crippen LogP contribution in [-0.4, -0.2) is 19.5 Å². The molecule has 1 aliphatic carbocycles. The van der Waals surface area contributed by atoms with Crippen molar-refractivity contribution in [3.05, 3.63) is 29.3 Å².